The normalized spacial score (nSPS) is 12.2. The van der Waals surface area contributed by atoms with Crippen molar-refractivity contribution in [3.63, 3.8) is 0 Å². The first kappa shape index (κ1) is 11.9. The Morgan fingerprint density at radius 1 is 1.60 bits per heavy atom. The molecule has 0 heterocycles. The second-order valence-electron chi connectivity index (χ2n) is 3.57. The fourth-order valence-electron chi connectivity index (χ4n) is 1.37. The molecule has 15 heavy (non-hydrogen) atoms. The number of hydrogen-bond acceptors (Lipinski definition) is 2. The SMILES string of the molecule is Cc1cccc(Cl)c1NC(C)CC(=O)O. The number of benzene rings is 1. The van der Waals surface area contributed by atoms with E-state index in [1.807, 2.05) is 26.0 Å². The molecule has 2 N–H and O–H groups in total. The van der Waals surface area contributed by atoms with Crippen molar-refractivity contribution in [3.05, 3.63) is 28.8 Å². The Balaban J connectivity index is 2.76. The van der Waals surface area contributed by atoms with Gasteiger partial charge in [-0.05, 0) is 25.5 Å². The Labute approximate surface area is 94.1 Å². The van der Waals surface area contributed by atoms with Gasteiger partial charge in [-0.1, -0.05) is 23.7 Å². The molecule has 1 atom stereocenters. The molecule has 1 rings (SSSR count). The van der Waals surface area contributed by atoms with E-state index >= 15 is 0 Å². The maximum Gasteiger partial charge on any atom is 0.305 e. The zero-order chi connectivity index (χ0) is 11.4. The first-order valence-corrected chi connectivity index (χ1v) is 5.12. The van der Waals surface area contributed by atoms with Gasteiger partial charge in [-0.15, -0.1) is 0 Å². The van der Waals surface area contributed by atoms with E-state index in [0.29, 0.717) is 5.02 Å². The number of nitrogens with one attached hydrogen (secondary N) is 1. The first-order chi connectivity index (χ1) is 7.00. The van der Waals surface area contributed by atoms with Gasteiger partial charge in [-0.2, -0.15) is 0 Å². The first-order valence-electron chi connectivity index (χ1n) is 4.74. The average Bonchev–Trinajstić information content (AvgIpc) is 2.10. The second-order valence-corrected chi connectivity index (χ2v) is 3.98. The molecule has 0 aliphatic heterocycles. The fraction of sp³-hybridized carbons (Fsp3) is 0.364. The zero-order valence-corrected chi connectivity index (χ0v) is 9.51. The van der Waals surface area contributed by atoms with Crippen LogP contribution in [0.4, 0.5) is 5.69 Å². The standard InChI is InChI=1S/C11H14ClNO2/c1-7-4-3-5-9(12)11(7)13-8(2)6-10(14)15/h3-5,8,13H,6H2,1-2H3,(H,14,15). The van der Waals surface area contributed by atoms with Gasteiger partial charge in [0.15, 0.2) is 0 Å². The van der Waals surface area contributed by atoms with Gasteiger partial charge in [0.2, 0.25) is 0 Å². The third kappa shape index (κ3) is 3.44. The molecule has 0 aliphatic rings. The van der Waals surface area contributed by atoms with Crippen LogP contribution in [0.15, 0.2) is 18.2 Å². The van der Waals surface area contributed by atoms with Crippen LogP contribution in [0, 0.1) is 6.92 Å². The highest BCUT2D eigenvalue weighted by molar-refractivity contribution is 6.33. The largest absolute Gasteiger partial charge is 0.481 e. The molecule has 1 aromatic carbocycles. The predicted molar refractivity (Wildman–Crippen MR) is 61.5 cm³/mol. The molecule has 0 aromatic heterocycles. The van der Waals surface area contributed by atoms with E-state index in [1.165, 1.54) is 0 Å². The van der Waals surface area contributed by atoms with Crippen LogP contribution in [-0.4, -0.2) is 17.1 Å². The van der Waals surface area contributed by atoms with E-state index in [9.17, 15) is 4.79 Å². The molecular weight excluding hydrogens is 214 g/mol. The van der Waals surface area contributed by atoms with Crippen molar-refractivity contribution in [1.29, 1.82) is 0 Å². The molecule has 4 heteroatoms. The van der Waals surface area contributed by atoms with E-state index in [4.69, 9.17) is 16.7 Å². The van der Waals surface area contributed by atoms with Crippen LogP contribution in [0.5, 0.6) is 0 Å². The summed E-state index contributed by atoms with van der Waals surface area (Å²) in [5.74, 6) is -0.820. The highest BCUT2D eigenvalue weighted by Crippen LogP contribution is 2.26. The minimum Gasteiger partial charge on any atom is -0.481 e. The number of para-hydroxylation sites is 1. The highest BCUT2D eigenvalue weighted by atomic mass is 35.5. The van der Waals surface area contributed by atoms with Crippen molar-refractivity contribution in [1.82, 2.24) is 0 Å². The van der Waals surface area contributed by atoms with Gasteiger partial charge in [0.25, 0.3) is 0 Å². The maximum absolute atomic E-state index is 10.5. The molecule has 82 valence electrons. The molecule has 0 aliphatic carbocycles. The van der Waals surface area contributed by atoms with Crippen molar-refractivity contribution in [3.8, 4) is 0 Å². The number of hydrogen-bond donors (Lipinski definition) is 2. The lowest BCUT2D eigenvalue weighted by Crippen LogP contribution is -2.20. The summed E-state index contributed by atoms with van der Waals surface area (Å²) in [4.78, 5) is 10.5. The molecule has 0 fully saturated rings. The summed E-state index contributed by atoms with van der Waals surface area (Å²) in [7, 11) is 0. The summed E-state index contributed by atoms with van der Waals surface area (Å²) in [6.45, 7) is 3.75. The van der Waals surface area contributed by atoms with Crippen LogP contribution in [0.3, 0.4) is 0 Å². The molecule has 1 aromatic rings. The second kappa shape index (κ2) is 5.03. The monoisotopic (exact) mass is 227 g/mol. The lowest BCUT2D eigenvalue weighted by Gasteiger charge is -2.16. The van der Waals surface area contributed by atoms with Crippen molar-refractivity contribution in [2.45, 2.75) is 26.3 Å². The molecular formula is C11H14ClNO2. The lowest BCUT2D eigenvalue weighted by atomic mass is 10.1. The van der Waals surface area contributed by atoms with E-state index in [1.54, 1.807) is 6.07 Å². The van der Waals surface area contributed by atoms with Gasteiger partial charge in [-0.3, -0.25) is 4.79 Å². The molecule has 0 amide bonds. The topological polar surface area (TPSA) is 49.3 Å². The molecule has 0 saturated carbocycles. The van der Waals surface area contributed by atoms with E-state index in [0.717, 1.165) is 11.3 Å². The molecule has 0 saturated heterocycles. The summed E-state index contributed by atoms with van der Waals surface area (Å²) in [5, 5.41) is 12.3. The van der Waals surface area contributed by atoms with E-state index < -0.39 is 5.97 Å². The Morgan fingerprint density at radius 3 is 2.80 bits per heavy atom. The van der Waals surface area contributed by atoms with Gasteiger partial charge >= 0.3 is 5.97 Å². The smallest absolute Gasteiger partial charge is 0.305 e. The Bertz CT molecular complexity index is 345. The van der Waals surface area contributed by atoms with Gasteiger partial charge in [-0.25, -0.2) is 0 Å². The third-order valence-corrected chi connectivity index (χ3v) is 2.41. The van der Waals surface area contributed by atoms with Crippen LogP contribution in [0.25, 0.3) is 0 Å². The predicted octanol–water partition coefficient (Wildman–Crippen LogP) is 2.92. The van der Waals surface area contributed by atoms with Crippen molar-refractivity contribution >= 4 is 23.3 Å². The molecule has 0 radical (unpaired) electrons. The Morgan fingerprint density at radius 2 is 2.27 bits per heavy atom. The molecule has 0 bridgehead atoms. The fourth-order valence-corrected chi connectivity index (χ4v) is 1.65. The third-order valence-electron chi connectivity index (χ3n) is 2.09. The minimum atomic E-state index is -0.820. The number of rotatable bonds is 4. The Kier molecular flexibility index (Phi) is 3.97. The van der Waals surface area contributed by atoms with E-state index in [2.05, 4.69) is 5.32 Å². The number of carboxylic acids is 1. The van der Waals surface area contributed by atoms with Crippen LogP contribution < -0.4 is 5.32 Å². The van der Waals surface area contributed by atoms with Gasteiger partial charge in [0, 0.05) is 6.04 Å². The molecule has 0 spiro atoms. The number of halogens is 1. The summed E-state index contributed by atoms with van der Waals surface area (Å²) in [5.41, 5.74) is 1.83. The number of aryl methyl sites for hydroxylation is 1. The highest BCUT2D eigenvalue weighted by Gasteiger charge is 2.10. The maximum atomic E-state index is 10.5. The van der Waals surface area contributed by atoms with Crippen LogP contribution in [-0.2, 0) is 4.79 Å². The van der Waals surface area contributed by atoms with E-state index in [-0.39, 0.29) is 12.5 Å². The van der Waals surface area contributed by atoms with Crippen LogP contribution in [0.1, 0.15) is 18.9 Å². The minimum absolute atomic E-state index is 0.0741. The van der Waals surface area contributed by atoms with Crippen molar-refractivity contribution in [2.24, 2.45) is 0 Å². The number of anilines is 1. The van der Waals surface area contributed by atoms with Gasteiger partial charge in [0.05, 0.1) is 17.1 Å². The lowest BCUT2D eigenvalue weighted by molar-refractivity contribution is -0.137. The van der Waals surface area contributed by atoms with Crippen LogP contribution >= 0.6 is 11.6 Å². The number of carboxylic acid groups (broad SMARTS) is 1. The average molecular weight is 228 g/mol. The van der Waals surface area contributed by atoms with Crippen molar-refractivity contribution < 1.29 is 9.90 Å². The summed E-state index contributed by atoms with van der Waals surface area (Å²) >= 11 is 6.00. The van der Waals surface area contributed by atoms with Crippen molar-refractivity contribution in [2.75, 3.05) is 5.32 Å². The quantitative estimate of drug-likeness (QED) is 0.832. The molecule has 3 nitrogen and oxygen atoms in total. The summed E-state index contributed by atoms with van der Waals surface area (Å²) in [6.07, 6.45) is 0.0741. The van der Waals surface area contributed by atoms with Crippen LogP contribution in [0.2, 0.25) is 5.02 Å². The van der Waals surface area contributed by atoms with Gasteiger partial charge in [0.1, 0.15) is 0 Å². The number of carbonyl (C=O) groups is 1. The molecule has 1 unspecified atom stereocenters. The zero-order valence-electron chi connectivity index (χ0n) is 8.75. The van der Waals surface area contributed by atoms with Gasteiger partial charge < -0.3 is 10.4 Å². The summed E-state index contributed by atoms with van der Waals surface area (Å²) < 4.78 is 0. The summed E-state index contributed by atoms with van der Waals surface area (Å²) in [6, 6.07) is 5.44. The Hall–Kier alpha value is -1.22. The number of aliphatic carboxylic acids is 1.